The first kappa shape index (κ1) is 54.1. The molecule has 5 aliphatic carbocycles. The third-order valence-corrected chi connectivity index (χ3v) is 21.5. The Kier molecular flexibility index (Phi) is 17.1. The number of fused-ring (bicyclic) bond motifs is 8. The summed E-state index contributed by atoms with van der Waals surface area (Å²) in [6.07, 6.45) is 17.6. The lowest BCUT2D eigenvalue weighted by Gasteiger charge is -2.40. The number of hydrogen-bond donors (Lipinski definition) is 6. The summed E-state index contributed by atoms with van der Waals surface area (Å²) in [4.78, 5) is 31.6. The fourth-order valence-electron chi connectivity index (χ4n) is 15.4. The Morgan fingerprint density at radius 2 is 1.55 bits per heavy atom. The van der Waals surface area contributed by atoms with Crippen LogP contribution in [0.15, 0.2) is 59.2 Å². The summed E-state index contributed by atoms with van der Waals surface area (Å²) in [5.41, 5.74) is 3.10. The van der Waals surface area contributed by atoms with Gasteiger partial charge in [-0.15, -0.1) is 0 Å². The average Bonchev–Trinajstić information content (AvgIpc) is 4.00. The summed E-state index contributed by atoms with van der Waals surface area (Å²) < 4.78 is 62.6. The Hall–Kier alpha value is -3.30. The number of methoxy groups -OCH3 is 2. The number of nitrogens with zero attached hydrogens (tertiary/aromatic N) is 3. The number of nitrogens with one attached hydrogen (secondary N) is 3. The number of rotatable bonds is 19. The molecule has 19 heteroatoms. The second-order valence-electron chi connectivity index (χ2n) is 23.4. The van der Waals surface area contributed by atoms with Gasteiger partial charge in [0.15, 0.2) is 5.37 Å². The van der Waals surface area contributed by atoms with Gasteiger partial charge < -0.3 is 54.4 Å². The topological polar surface area (TPSA) is 212 Å². The number of allylic oxidation sites excluding steroid dienone is 4. The highest BCUT2D eigenvalue weighted by Gasteiger charge is 2.56. The molecule has 7 fully saturated rings. The second-order valence-corrected chi connectivity index (χ2v) is 26.2. The molecule has 6 N–H and O–H groups in total. The number of aldehydes is 1. The van der Waals surface area contributed by atoms with Crippen LogP contribution in [0.5, 0.6) is 0 Å². The molecule has 412 valence electrons. The molecule has 0 aromatic heterocycles. The number of hydrogen-bond acceptors (Lipinski definition) is 16. The molecule has 74 heavy (non-hydrogen) atoms. The monoisotopic (exact) mass is 1070 g/mol. The highest BCUT2D eigenvalue weighted by Crippen LogP contribution is 2.49. The van der Waals surface area contributed by atoms with Gasteiger partial charge in [0.1, 0.15) is 48.4 Å². The SMILES string of the molecule is C=C(CCCN1C(O)CC(SC[C@@H]2C=C(COC3=C(OC)C[C@H]4C(=O)N5[C@H]6CCCCC6C[C@H]5C(S(=O)(=O)O)NC4C3)CC(COC3=C(OC)C[C@@H]4C(=C)N5C6CCCCC6C[C@H]5CN[C@@H]4C3)C2)C1O)NCC=O. The molecular formula is C55H84N6O11S2. The van der Waals surface area contributed by atoms with Crippen LogP contribution in [-0.2, 0) is 38.7 Å². The van der Waals surface area contributed by atoms with E-state index < -0.39 is 45.9 Å². The maximum Gasteiger partial charge on any atom is 0.283 e. The average molecular weight is 1070 g/mol. The van der Waals surface area contributed by atoms with Crippen molar-refractivity contribution in [3.63, 3.8) is 0 Å². The van der Waals surface area contributed by atoms with E-state index in [9.17, 15) is 32.8 Å². The number of aliphatic hydroxyl groups is 2. The quantitative estimate of drug-likeness (QED) is 0.0536. The fourth-order valence-corrected chi connectivity index (χ4v) is 17.8. The molecule has 1 amide bonds. The molecule has 2 saturated carbocycles. The van der Waals surface area contributed by atoms with Crippen LogP contribution in [0, 0.1) is 35.5 Å². The summed E-state index contributed by atoms with van der Waals surface area (Å²) in [5.74, 6) is 4.49. The summed E-state index contributed by atoms with van der Waals surface area (Å²) >= 11 is 1.68. The molecule has 5 heterocycles. The van der Waals surface area contributed by atoms with Crippen molar-refractivity contribution in [3.05, 3.63) is 59.2 Å². The van der Waals surface area contributed by atoms with Gasteiger partial charge >= 0.3 is 0 Å². The third-order valence-electron chi connectivity index (χ3n) is 19.0. The third kappa shape index (κ3) is 11.3. The molecule has 0 aromatic carbocycles. The minimum atomic E-state index is -4.55. The van der Waals surface area contributed by atoms with E-state index in [1.54, 1.807) is 30.9 Å². The van der Waals surface area contributed by atoms with Crippen molar-refractivity contribution in [2.24, 2.45) is 35.5 Å². The minimum absolute atomic E-state index is 0.0294. The van der Waals surface area contributed by atoms with Crippen LogP contribution in [0.25, 0.3) is 0 Å². The zero-order valence-corrected chi connectivity index (χ0v) is 45.4. The van der Waals surface area contributed by atoms with E-state index >= 15 is 0 Å². The van der Waals surface area contributed by atoms with Crippen molar-refractivity contribution >= 4 is 34.1 Å². The van der Waals surface area contributed by atoms with Crippen molar-refractivity contribution in [3.8, 4) is 0 Å². The van der Waals surface area contributed by atoms with Gasteiger partial charge in [-0.25, -0.2) is 0 Å². The van der Waals surface area contributed by atoms with Crippen LogP contribution >= 0.6 is 11.8 Å². The van der Waals surface area contributed by atoms with Crippen LogP contribution in [0.4, 0.5) is 0 Å². The summed E-state index contributed by atoms with van der Waals surface area (Å²) in [7, 11) is -1.20. The number of ether oxygens (including phenoxy) is 4. The Balaban J connectivity index is 0.831. The standard InChI is InChI=1S/C55H84N6O11S2/c1-32(56-15-17-62)10-9-16-59-52(63)27-51(55(59)65)73-31-36-19-34(29-71-49-25-42-40(23-47(49)69-3)33(2)60-39(28-57-42)21-37-11-5-7-13-44(37)60)18-35(20-36)30-72-50-26-43-41(24-48(50)70-4)54(64)61-45-14-8-6-12-38(45)22-46(61)53(58-43)74(66,67)68/h17,20,34,36-46,51-53,55-58,63,65H,1-2,5-16,18-19,21-31H2,3-4H3,(H,66,67,68)/t34?,36-,37?,38?,39-,40+,41+,42+,43?,44?,45-,46-,51?,52?,53?,55?/m0/s1. The smallest absolute Gasteiger partial charge is 0.283 e. The van der Waals surface area contributed by atoms with Crippen molar-refractivity contribution in [2.75, 3.05) is 52.8 Å². The predicted octanol–water partition coefficient (Wildman–Crippen LogP) is 5.50. The lowest BCUT2D eigenvalue weighted by atomic mass is 9.81. The minimum Gasteiger partial charge on any atom is -0.498 e. The van der Waals surface area contributed by atoms with E-state index in [1.165, 1.54) is 37.8 Å². The molecule has 10 aliphatic rings. The van der Waals surface area contributed by atoms with Gasteiger partial charge in [0.25, 0.3) is 10.1 Å². The van der Waals surface area contributed by atoms with E-state index in [1.807, 2.05) is 4.90 Å². The second kappa shape index (κ2) is 23.3. The van der Waals surface area contributed by atoms with Gasteiger partial charge in [0.05, 0.1) is 39.3 Å². The summed E-state index contributed by atoms with van der Waals surface area (Å²) in [5, 5.41) is 31.3. The first-order chi connectivity index (χ1) is 35.7. The summed E-state index contributed by atoms with van der Waals surface area (Å²) in [6, 6.07) is 0.0405. The first-order valence-corrected chi connectivity index (χ1v) is 30.6. The lowest BCUT2D eigenvalue weighted by Crippen LogP contribution is -2.52. The van der Waals surface area contributed by atoms with Crippen LogP contribution in [-0.4, -0.2) is 162 Å². The van der Waals surface area contributed by atoms with E-state index in [4.69, 9.17) is 25.5 Å². The molecule has 0 spiro atoms. The molecule has 16 atom stereocenters. The first-order valence-electron chi connectivity index (χ1n) is 28.0. The number of aliphatic hydroxyl groups excluding tert-OH is 2. The number of amides is 1. The molecule has 0 aromatic rings. The molecule has 17 nitrogen and oxygen atoms in total. The lowest BCUT2D eigenvalue weighted by molar-refractivity contribution is -0.139. The van der Waals surface area contributed by atoms with Crippen LogP contribution in [0.2, 0.25) is 0 Å². The van der Waals surface area contributed by atoms with Gasteiger partial charge in [-0.2, -0.15) is 20.2 Å². The molecule has 5 aliphatic heterocycles. The van der Waals surface area contributed by atoms with Crippen molar-refractivity contribution in [2.45, 2.75) is 181 Å². The predicted molar refractivity (Wildman–Crippen MR) is 282 cm³/mol. The Morgan fingerprint density at radius 3 is 2.28 bits per heavy atom. The van der Waals surface area contributed by atoms with Crippen LogP contribution in [0.3, 0.4) is 0 Å². The maximum atomic E-state index is 14.6. The number of likely N-dealkylation sites (tertiary alicyclic amines) is 1. The highest BCUT2D eigenvalue weighted by molar-refractivity contribution is 8.00. The fraction of sp³-hybridized carbons (Fsp3) is 0.782. The van der Waals surface area contributed by atoms with Gasteiger partial charge in [0.2, 0.25) is 5.91 Å². The molecule has 0 radical (unpaired) electrons. The zero-order valence-electron chi connectivity index (χ0n) is 43.7. The summed E-state index contributed by atoms with van der Waals surface area (Å²) in [6.45, 7) is 11.2. The van der Waals surface area contributed by atoms with Crippen molar-refractivity contribution < 1.29 is 51.7 Å². The van der Waals surface area contributed by atoms with Gasteiger partial charge in [-0.3, -0.25) is 19.6 Å². The van der Waals surface area contributed by atoms with Crippen LogP contribution in [0.1, 0.15) is 122 Å². The molecule has 9 unspecified atom stereocenters. The van der Waals surface area contributed by atoms with Gasteiger partial charge in [-0.1, -0.05) is 44.9 Å². The molecule has 10 rings (SSSR count). The van der Waals surface area contributed by atoms with E-state index in [-0.39, 0.29) is 72.9 Å². The van der Waals surface area contributed by atoms with E-state index in [0.717, 1.165) is 92.9 Å². The maximum absolute atomic E-state index is 14.6. The number of carbonyl (C=O) groups is 2. The Morgan fingerprint density at radius 1 is 0.865 bits per heavy atom. The van der Waals surface area contributed by atoms with Gasteiger partial charge in [0, 0.05) is 104 Å². The van der Waals surface area contributed by atoms with Gasteiger partial charge in [-0.05, 0) is 93.5 Å². The molecule has 5 saturated heterocycles. The molecular weight excluding hydrogens is 985 g/mol. The largest absolute Gasteiger partial charge is 0.498 e. The van der Waals surface area contributed by atoms with E-state index in [2.05, 4.69) is 33.5 Å². The Bertz CT molecular complexity index is 2300. The number of carbonyl (C=O) groups excluding carboxylic acids is 2. The van der Waals surface area contributed by atoms with E-state index in [0.29, 0.717) is 68.2 Å². The number of thioether (sulfide) groups is 1. The van der Waals surface area contributed by atoms with Crippen molar-refractivity contribution in [1.82, 2.24) is 30.7 Å². The normalized spacial score (nSPS) is 38.4. The zero-order chi connectivity index (χ0) is 51.8. The molecule has 0 bridgehead atoms. The highest BCUT2D eigenvalue weighted by atomic mass is 32.2. The van der Waals surface area contributed by atoms with Crippen LogP contribution < -0.4 is 16.0 Å². The van der Waals surface area contributed by atoms with Crippen molar-refractivity contribution in [1.29, 1.82) is 0 Å². The Labute approximate surface area is 443 Å².